The first kappa shape index (κ1) is 6.55. The van der Waals surface area contributed by atoms with Gasteiger partial charge in [-0.15, -0.1) is 0 Å². The van der Waals surface area contributed by atoms with Crippen molar-refractivity contribution in [3.63, 3.8) is 0 Å². The van der Waals surface area contributed by atoms with Crippen molar-refractivity contribution in [1.82, 2.24) is 5.32 Å². The third kappa shape index (κ3) is 2.01. The van der Waals surface area contributed by atoms with E-state index >= 15 is 0 Å². The molecule has 2 unspecified atom stereocenters. The van der Waals surface area contributed by atoms with Gasteiger partial charge in [0.1, 0.15) is 0 Å². The van der Waals surface area contributed by atoms with E-state index < -0.39 is 5.97 Å². The van der Waals surface area contributed by atoms with Gasteiger partial charge in [0, 0.05) is 6.04 Å². The van der Waals surface area contributed by atoms with Crippen LogP contribution in [0.5, 0.6) is 0 Å². The number of carboxylic acid groups (broad SMARTS) is 1. The second-order valence-electron chi connectivity index (χ2n) is 2.59. The zero-order chi connectivity index (χ0) is 6.85. The van der Waals surface area contributed by atoms with Gasteiger partial charge in [0.15, 0.2) is 0 Å². The third-order valence-corrected chi connectivity index (χ3v) is 1.62. The number of carbonyl (C=O) groups is 1. The minimum absolute atomic E-state index is 0.106. The highest BCUT2D eigenvalue weighted by molar-refractivity contribution is 5.69. The summed E-state index contributed by atoms with van der Waals surface area (Å²) in [5.41, 5.74) is 0. The SMILES string of the molecule is CC1CC1NCC(=O)O. The molecule has 3 heteroatoms. The van der Waals surface area contributed by atoms with Crippen molar-refractivity contribution in [3.8, 4) is 0 Å². The Bertz CT molecular complexity index is 124. The molecule has 0 heterocycles. The number of carboxylic acids is 1. The molecule has 2 atom stereocenters. The van der Waals surface area contributed by atoms with Gasteiger partial charge in [-0.3, -0.25) is 4.79 Å². The molecule has 0 spiro atoms. The molecule has 0 amide bonds. The normalized spacial score (nSPS) is 32.1. The summed E-state index contributed by atoms with van der Waals surface area (Å²) in [6.45, 7) is 2.22. The second kappa shape index (κ2) is 2.35. The lowest BCUT2D eigenvalue weighted by molar-refractivity contribution is -0.136. The van der Waals surface area contributed by atoms with E-state index in [4.69, 9.17) is 5.11 Å². The maximum atomic E-state index is 9.98. The van der Waals surface area contributed by atoms with Crippen LogP contribution in [0.3, 0.4) is 0 Å². The summed E-state index contributed by atoms with van der Waals surface area (Å²) in [6.07, 6.45) is 1.13. The lowest BCUT2D eigenvalue weighted by atomic mass is 10.5. The van der Waals surface area contributed by atoms with Crippen molar-refractivity contribution >= 4 is 5.97 Å². The van der Waals surface area contributed by atoms with Gasteiger partial charge in [-0.2, -0.15) is 0 Å². The van der Waals surface area contributed by atoms with Crippen LogP contribution in [0.2, 0.25) is 0 Å². The topological polar surface area (TPSA) is 49.3 Å². The maximum Gasteiger partial charge on any atom is 0.317 e. The number of rotatable bonds is 3. The molecule has 2 N–H and O–H groups in total. The molecule has 0 aromatic heterocycles. The van der Waals surface area contributed by atoms with Gasteiger partial charge in [-0.25, -0.2) is 0 Å². The second-order valence-corrected chi connectivity index (χ2v) is 2.59. The Labute approximate surface area is 54.1 Å². The van der Waals surface area contributed by atoms with Gasteiger partial charge in [-0.1, -0.05) is 6.92 Å². The summed E-state index contributed by atoms with van der Waals surface area (Å²) >= 11 is 0. The first-order valence-corrected chi connectivity index (χ1v) is 3.15. The predicted octanol–water partition coefficient (Wildman–Crippen LogP) is 0.0690. The van der Waals surface area contributed by atoms with Crippen LogP contribution in [0.4, 0.5) is 0 Å². The van der Waals surface area contributed by atoms with Crippen LogP contribution in [0, 0.1) is 5.92 Å². The highest BCUT2D eigenvalue weighted by Gasteiger charge is 2.31. The van der Waals surface area contributed by atoms with Crippen molar-refractivity contribution in [2.75, 3.05) is 6.54 Å². The molecule has 1 rings (SSSR count). The fraction of sp³-hybridized carbons (Fsp3) is 0.833. The third-order valence-electron chi connectivity index (χ3n) is 1.62. The van der Waals surface area contributed by atoms with E-state index in [0.717, 1.165) is 6.42 Å². The van der Waals surface area contributed by atoms with Gasteiger partial charge in [0.2, 0.25) is 0 Å². The Morgan fingerprint density at radius 2 is 2.44 bits per heavy atom. The lowest BCUT2D eigenvalue weighted by Gasteiger charge is -1.95. The quantitative estimate of drug-likeness (QED) is 0.567. The van der Waals surface area contributed by atoms with Crippen LogP contribution in [-0.2, 0) is 4.79 Å². The highest BCUT2D eigenvalue weighted by Crippen LogP contribution is 2.28. The van der Waals surface area contributed by atoms with Crippen LogP contribution in [0.1, 0.15) is 13.3 Å². The van der Waals surface area contributed by atoms with E-state index in [-0.39, 0.29) is 6.54 Å². The Morgan fingerprint density at radius 3 is 2.78 bits per heavy atom. The Kier molecular flexibility index (Phi) is 1.71. The number of hydrogen-bond donors (Lipinski definition) is 2. The van der Waals surface area contributed by atoms with Gasteiger partial charge >= 0.3 is 5.97 Å². The number of aliphatic carboxylic acids is 1. The summed E-state index contributed by atoms with van der Waals surface area (Å²) in [7, 11) is 0. The lowest BCUT2D eigenvalue weighted by Crippen LogP contribution is -2.25. The highest BCUT2D eigenvalue weighted by atomic mass is 16.4. The summed E-state index contributed by atoms with van der Waals surface area (Å²) in [4.78, 5) is 9.98. The largest absolute Gasteiger partial charge is 0.480 e. The minimum Gasteiger partial charge on any atom is -0.480 e. The van der Waals surface area contributed by atoms with Gasteiger partial charge < -0.3 is 10.4 Å². The molecular weight excluding hydrogens is 118 g/mol. The van der Waals surface area contributed by atoms with Crippen LogP contribution in [-0.4, -0.2) is 23.7 Å². The number of nitrogens with one attached hydrogen (secondary N) is 1. The molecule has 0 aromatic carbocycles. The molecule has 0 aromatic rings. The summed E-state index contributed by atoms with van der Waals surface area (Å²) in [5.74, 6) is -0.0848. The van der Waals surface area contributed by atoms with E-state index in [1.54, 1.807) is 0 Å². The summed E-state index contributed by atoms with van der Waals surface area (Å²) < 4.78 is 0. The summed E-state index contributed by atoms with van der Waals surface area (Å²) in [5, 5.41) is 11.1. The van der Waals surface area contributed by atoms with Crippen molar-refractivity contribution in [2.24, 2.45) is 5.92 Å². The maximum absolute atomic E-state index is 9.98. The average molecular weight is 129 g/mol. The standard InChI is InChI=1S/C6H11NO2/c1-4-2-5(4)7-3-6(8)9/h4-5,7H,2-3H2,1H3,(H,8,9). The van der Waals surface area contributed by atoms with E-state index in [9.17, 15) is 4.79 Å². The molecule has 52 valence electrons. The van der Waals surface area contributed by atoms with Gasteiger partial charge in [0.25, 0.3) is 0 Å². The zero-order valence-electron chi connectivity index (χ0n) is 5.42. The molecule has 0 aliphatic heterocycles. The Morgan fingerprint density at radius 1 is 1.89 bits per heavy atom. The van der Waals surface area contributed by atoms with E-state index in [2.05, 4.69) is 12.2 Å². The molecule has 0 saturated heterocycles. The smallest absolute Gasteiger partial charge is 0.317 e. The molecule has 3 nitrogen and oxygen atoms in total. The zero-order valence-corrected chi connectivity index (χ0v) is 5.42. The van der Waals surface area contributed by atoms with Crippen LogP contribution in [0.25, 0.3) is 0 Å². The van der Waals surface area contributed by atoms with Crippen molar-refractivity contribution in [2.45, 2.75) is 19.4 Å². The fourth-order valence-electron chi connectivity index (χ4n) is 0.825. The van der Waals surface area contributed by atoms with Gasteiger partial charge in [-0.05, 0) is 12.3 Å². The first-order valence-electron chi connectivity index (χ1n) is 3.15. The Balaban J connectivity index is 2.00. The molecule has 1 aliphatic rings. The van der Waals surface area contributed by atoms with Crippen LogP contribution < -0.4 is 5.32 Å². The molecule has 9 heavy (non-hydrogen) atoms. The van der Waals surface area contributed by atoms with E-state index in [0.29, 0.717) is 12.0 Å². The minimum atomic E-state index is -0.769. The molecule has 0 radical (unpaired) electrons. The van der Waals surface area contributed by atoms with Gasteiger partial charge in [0.05, 0.1) is 6.54 Å². The monoisotopic (exact) mass is 129 g/mol. The average Bonchev–Trinajstić information content (AvgIpc) is 2.42. The predicted molar refractivity (Wildman–Crippen MR) is 33.2 cm³/mol. The van der Waals surface area contributed by atoms with Crippen molar-refractivity contribution in [3.05, 3.63) is 0 Å². The Hall–Kier alpha value is -0.570. The fourth-order valence-corrected chi connectivity index (χ4v) is 0.825. The molecular formula is C6H11NO2. The van der Waals surface area contributed by atoms with Crippen molar-refractivity contribution in [1.29, 1.82) is 0 Å². The number of hydrogen-bond acceptors (Lipinski definition) is 2. The van der Waals surface area contributed by atoms with E-state index in [1.807, 2.05) is 0 Å². The molecule has 1 saturated carbocycles. The molecule has 1 fully saturated rings. The van der Waals surface area contributed by atoms with Crippen LogP contribution in [0.15, 0.2) is 0 Å². The van der Waals surface area contributed by atoms with E-state index in [1.165, 1.54) is 0 Å². The summed E-state index contributed by atoms with van der Waals surface area (Å²) in [6, 6.07) is 0.473. The first-order chi connectivity index (χ1) is 4.20. The van der Waals surface area contributed by atoms with Crippen molar-refractivity contribution < 1.29 is 9.90 Å². The molecule has 1 aliphatic carbocycles. The van der Waals surface area contributed by atoms with Crippen LogP contribution >= 0.6 is 0 Å². The molecule has 0 bridgehead atoms.